The molecule has 0 saturated carbocycles. The lowest BCUT2D eigenvalue weighted by atomic mass is 10.2. The Bertz CT molecular complexity index is 1230. The maximum Gasteiger partial charge on any atom is 0.373 e. The minimum atomic E-state index is -1.77. The number of carbonyl (C=O) groups is 1. The van der Waals surface area contributed by atoms with Gasteiger partial charge in [-0.3, -0.25) is 4.79 Å². The molecular formula is C29H28NO5PS. The highest BCUT2D eigenvalue weighted by atomic mass is 32.2. The summed E-state index contributed by atoms with van der Waals surface area (Å²) in [5.41, 5.74) is 0.194. The molecule has 0 aromatic heterocycles. The van der Waals surface area contributed by atoms with E-state index in [9.17, 15) is 9.36 Å². The first-order chi connectivity index (χ1) is 18.1. The number of benzene rings is 4. The molecule has 0 aliphatic heterocycles. The average molecular weight is 534 g/mol. The Morgan fingerprint density at radius 3 is 1.81 bits per heavy atom. The number of carbonyl (C=O) groups excluding carboxylic acids is 1. The Morgan fingerprint density at radius 2 is 1.30 bits per heavy atom. The van der Waals surface area contributed by atoms with Crippen LogP contribution in [0.25, 0.3) is 0 Å². The summed E-state index contributed by atoms with van der Waals surface area (Å²) in [7, 11) is -1.73. The molecule has 8 heteroatoms. The fraction of sp³-hybridized carbons (Fsp3) is 0.138. The minimum Gasteiger partial charge on any atom is -0.460 e. The molecule has 0 fully saturated rings. The lowest BCUT2D eigenvalue weighted by Gasteiger charge is -2.38. The van der Waals surface area contributed by atoms with Crippen LogP contribution in [0.5, 0.6) is 11.5 Å². The van der Waals surface area contributed by atoms with Crippen LogP contribution in [-0.4, -0.2) is 22.5 Å². The van der Waals surface area contributed by atoms with Crippen LogP contribution >= 0.6 is 20.4 Å². The van der Waals surface area contributed by atoms with Crippen molar-refractivity contribution >= 4 is 26.4 Å². The highest BCUT2D eigenvalue weighted by Gasteiger charge is 2.44. The molecule has 0 amide bonds. The number of hydrogen-bond acceptors (Lipinski definition) is 7. The maximum absolute atomic E-state index is 13.1. The van der Waals surface area contributed by atoms with Crippen molar-refractivity contribution in [1.29, 1.82) is 0 Å². The van der Waals surface area contributed by atoms with E-state index in [0.29, 0.717) is 11.5 Å². The third-order valence-electron chi connectivity index (χ3n) is 5.26. The van der Waals surface area contributed by atoms with Crippen LogP contribution in [0.1, 0.15) is 11.1 Å². The molecule has 4 aromatic carbocycles. The molecule has 0 aliphatic rings. The van der Waals surface area contributed by atoms with Gasteiger partial charge in [-0.05, 0) is 60.8 Å². The van der Waals surface area contributed by atoms with Gasteiger partial charge in [0.15, 0.2) is 8.46 Å². The monoisotopic (exact) mass is 533 g/mol. The number of aryl methyl sites for hydroxylation is 1. The van der Waals surface area contributed by atoms with Gasteiger partial charge in [-0.15, -0.1) is 0 Å². The molecule has 0 saturated heterocycles. The van der Waals surface area contributed by atoms with Crippen molar-refractivity contribution in [2.45, 2.75) is 24.1 Å². The molecule has 0 radical (unpaired) electrons. The second kappa shape index (κ2) is 13.2. The van der Waals surface area contributed by atoms with E-state index < -0.39 is 20.1 Å². The lowest BCUT2D eigenvalue weighted by molar-refractivity contribution is -0.155. The van der Waals surface area contributed by atoms with E-state index in [0.717, 1.165) is 16.0 Å². The van der Waals surface area contributed by atoms with E-state index >= 15 is 0 Å². The van der Waals surface area contributed by atoms with E-state index in [1.807, 2.05) is 97.9 Å². The van der Waals surface area contributed by atoms with E-state index in [1.54, 1.807) is 28.6 Å². The van der Waals surface area contributed by atoms with E-state index in [1.165, 1.54) is 11.9 Å². The Labute approximate surface area is 222 Å². The second-order valence-electron chi connectivity index (χ2n) is 8.17. The quantitative estimate of drug-likeness (QED) is 0.0883. The summed E-state index contributed by atoms with van der Waals surface area (Å²) >= 11 is 1.22. The van der Waals surface area contributed by atoms with Gasteiger partial charge in [0.05, 0.1) is 0 Å². The lowest BCUT2D eigenvalue weighted by Crippen LogP contribution is -2.52. The Balaban J connectivity index is 1.67. The number of hydrogen-bond donors (Lipinski definition) is 0. The summed E-state index contributed by atoms with van der Waals surface area (Å²) in [5.74, 6) is 0.400. The number of nitrogens with zero attached hydrogens (tertiary/aromatic N) is 1. The molecule has 6 nitrogen and oxygen atoms in total. The molecular weight excluding hydrogens is 505 g/mol. The van der Waals surface area contributed by atoms with Gasteiger partial charge >= 0.3 is 11.6 Å². The standard InChI is InChI=1S/C29H28NO5PS/c1-23-17-19-27(20-18-23)37-30(21-28(31)33-22-24-11-5-2-6-12-24)29(36-32,34-25-13-7-3-8-14-25)35-26-15-9-4-10-16-26/h2-20H,21-22,36H2,1H3. The molecule has 1 unspecified atom stereocenters. The van der Waals surface area contributed by atoms with Crippen molar-refractivity contribution in [2.75, 3.05) is 6.54 Å². The highest BCUT2D eigenvalue weighted by molar-refractivity contribution is 7.97. The topological polar surface area (TPSA) is 65.1 Å². The van der Waals surface area contributed by atoms with Crippen molar-refractivity contribution in [3.05, 3.63) is 126 Å². The zero-order valence-corrected chi connectivity index (χ0v) is 22.3. The van der Waals surface area contributed by atoms with Crippen LogP contribution in [0.4, 0.5) is 0 Å². The molecule has 190 valence electrons. The van der Waals surface area contributed by atoms with Crippen LogP contribution in [0.3, 0.4) is 0 Å². The van der Waals surface area contributed by atoms with Crippen molar-refractivity contribution in [3.8, 4) is 11.5 Å². The molecule has 4 rings (SSSR count). The molecule has 4 aromatic rings. The summed E-state index contributed by atoms with van der Waals surface area (Å²) in [6, 6.07) is 35.2. The fourth-order valence-corrected chi connectivity index (χ4v) is 5.13. The van der Waals surface area contributed by atoms with Gasteiger partial charge in [-0.2, -0.15) is 4.31 Å². The third-order valence-corrected chi connectivity index (χ3v) is 7.38. The SMILES string of the molecule is Cc1ccc(SN(CC(=O)OCc2ccccc2)C(Oc2ccccc2)(Oc2ccccc2)[PH2]=O)cc1. The number of rotatable bonds is 12. The summed E-state index contributed by atoms with van der Waals surface area (Å²) in [6.07, 6.45) is 0. The van der Waals surface area contributed by atoms with Crippen molar-refractivity contribution < 1.29 is 23.6 Å². The van der Waals surface area contributed by atoms with Gasteiger partial charge in [-0.25, -0.2) is 0 Å². The summed E-state index contributed by atoms with van der Waals surface area (Å²) in [4.78, 5) is 13.9. The largest absolute Gasteiger partial charge is 0.460 e. The van der Waals surface area contributed by atoms with Crippen LogP contribution in [0.2, 0.25) is 0 Å². The van der Waals surface area contributed by atoms with Gasteiger partial charge in [0, 0.05) is 4.90 Å². The number of esters is 1. The van der Waals surface area contributed by atoms with E-state index in [2.05, 4.69) is 0 Å². The van der Waals surface area contributed by atoms with Gasteiger partial charge in [-0.1, -0.05) is 84.4 Å². The van der Waals surface area contributed by atoms with Gasteiger partial charge in [0.25, 0.3) is 0 Å². The van der Waals surface area contributed by atoms with Crippen molar-refractivity contribution in [1.82, 2.24) is 4.31 Å². The third kappa shape index (κ3) is 7.73. The average Bonchev–Trinajstić information content (AvgIpc) is 2.94. The molecule has 0 N–H and O–H groups in total. The van der Waals surface area contributed by atoms with Crippen LogP contribution in [0, 0.1) is 6.92 Å². The zero-order valence-electron chi connectivity index (χ0n) is 20.4. The Morgan fingerprint density at radius 1 is 0.784 bits per heavy atom. The molecule has 1 atom stereocenters. The van der Waals surface area contributed by atoms with Crippen LogP contribution in [-0.2, 0) is 20.7 Å². The second-order valence-corrected chi connectivity index (χ2v) is 10.2. The predicted octanol–water partition coefficient (Wildman–Crippen LogP) is 6.57. The van der Waals surface area contributed by atoms with Crippen molar-refractivity contribution in [3.63, 3.8) is 0 Å². The normalized spacial score (nSPS) is 11.5. The number of para-hydroxylation sites is 2. The van der Waals surface area contributed by atoms with Crippen LogP contribution < -0.4 is 9.47 Å². The summed E-state index contributed by atoms with van der Waals surface area (Å²) < 4.78 is 32.7. The first-order valence-electron chi connectivity index (χ1n) is 11.7. The molecule has 0 heterocycles. The molecule has 37 heavy (non-hydrogen) atoms. The first kappa shape index (κ1) is 26.6. The van der Waals surface area contributed by atoms with Gasteiger partial charge in [0.2, 0.25) is 0 Å². The number of ether oxygens (including phenoxy) is 3. The fourth-order valence-electron chi connectivity index (χ4n) is 3.38. The zero-order chi connectivity index (χ0) is 25.9. The van der Waals surface area contributed by atoms with Gasteiger partial charge in [0.1, 0.15) is 24.7 Å². The highest BCUT2D eigenvalue weighted by Crippen LogP contribution is 2.40. The van der Waals surface area contributed by atoms with E-state index in [-0.39, 0.29) is 13.2 Å². The minimum absolute atomic E-state index is 0.124. The van der Waals surface area contributed by atoms with Crippen molar-refractivity contribution in [2.24, 2.45) is 0 Å². The maximum atomic E-state index is 13.1. The summed E-state index contributed by atoms with van der Waals surface area (Å²) in [5, 5.41) is 0. The smallest absolute Gasteiger partial charge is 0.373 e. The Kier molecular flexibility index (Phi) is 9.44. The first-order valence-corrected chi connectivity index (χ1v) is 13.5. The summed E-state index contributed by atoms with van der Waals surface area (Å²) in [6.45, 7) is 1.88. The molecule has 0 spiro atoms. The Hall–Kier alpha value is -3.51. The van der Waals surface area contributed by atoms with Crippen LogP contribution in [0.15, 0.2) is 120 Å². The van der Waals surface area contributed by atoms with E-state index in [4.69, 9.17) is 14.2 Å². The molecule has 0 aliphatic carbocycles. The molecule has 0 bridgehead atoms. The van der Waals surface area contributed by atoms with Gasteiger partial charge < -0.3 is 18.8 Å². The predicted molar refractivity (Wildman–Crippen MR) is 147 cm³/mol.